The van der Waals surface area contributed by atoms with Gasteiger partial charge in [-0.25, -0.2) is 0 Å². The lowest BCUT2D eigenvalue weighted by Gasteiger charge is -2.18. The van der Waals surface area contributed by atoms with Crippen LogP contribution in [0.25, 0.3) is 0 Å². The lowest BCUT2D eigenvalue weighted by Crippen LogP contribution is -2.30. The van der Waals surface area contributed by atoms with Crippen LogP contribution in [0.1, 0.15) is 297 Å². The van der Waals surface area contributed by atoms with Crippen molar-refractivity contribution < 1.29 is 28.6 Å². The molecule has 0 aromatic rings. The van der Waals surface area contributed by atoms with Crippen LogP contribution in [0, 0.1) is 0 Å². The van der Waals surface area contributed by atoms with Crippen LogP contribution < -0.4 is 0 Å². The molecule has 74 heavy (non-hydrogen) atoms. The van der Waals surface area contributed by atoms with E-state index < -0.39 is 6.10 Å². The number of hydrogen-bond donors (Lipinski definition) is 0. The van der Waals surface area contributed by atoms with E-state index in [-0.39, 0.29) is 37.5 Å². The van der Waals surface area contributed by atoms with Gasteiger partial charge in [-0.2, -0.15) is 0 Å². The van der Waals surface area contributed by atoms with E-state index in [0.29, 0.717) is 19.3 Å². The second kappa shape index (κ2) is 61.9. The molecule has 0 amide bonds. The zero-order valence-corrected chi connectivity index (χ0v) is 48.6. The number of esters is 3. The zero-order chi connectivity index (χ0) is 53.6. The number of carbonyl (C=O) groups is 3. The van der Waals surface area contributed by atoms with Crippen LogP contribution in [-0.4, -0.2) is 37.2 Å². The highest BCUT2D eigenvalue weighted by atomic mass is 16.6. The zero-order valence-electron chi connectivity index (χ0n) is 48.6. The lowest BCUT2D eigenvalue weighted by atomic mass is 10.0. The molecule has 6 nitrogen and oxygen atoms in total. The summed E-state index contributed by atoms with van der Waals surface area (Å²) in [5.74, 6) is -0.936. The average Bonchev–Trinajstić information content (AvgIpc) is 3.40. The average molecular weight is 1030 g/mol. The van der Waals surface area contributed by atoms with Crippen LogP contribution in [0.2, 0.25) is 0 Å². The number of allylic oxidation sites excluding steroid dienone is 16. The smallest absolute Gasteiger partial charge is 0.306 e. The summed E-state index contributed by atoms with van der Waals surface area (Å²) >= 11 is 0. The SMILES string of the molecule is CC/C=C\C/C=C\C/C=C\C/C=C\CCCCCCCCCCCCCCCCCCCCCCCCC(=O)OCC(COC(=O)CCCCCCCC)OC(=O)CCCC/C=C\C/C=C\C/C=C\C/C=C\CC. The molecule has 0 fully saturated rings. The van der Waals surface area contributed by atoms with Crippen LogP contribution in [0.3, 0.4) is 0 Å². The molecule has 0 saturated heterocycles. The number of unbranched alkanes of at least 4 members (excludes halogenated alkanes) is 29. The van der Waals surface area contributed by atoms with Gasteiger partial charge < -0.3 is 14.2 Å². The van der Waals surface area contributed by atoms with Crippen molar-refractivity contribution in [1.82, 2.24) is 0 Å². The van der Waals surface area contributed by atoms with Crippen LogP contribution in [0.5, 0.6) is 0 Å². The summed E-state index contributed by atoms with van der Waals surface area (Å²) in [6.07, 6.45) is 83.4. The van der Waals surface area contributed by atoms with Gasteiger partial charge in [-0.3, -0.25) is 14.4 Å². The van der Waals surface area contributed by atoms with E-state index in [1.807, 2.05) is 0 Å². The van der Waals surface area contributed by atoms with E-state index in [9.17, 15) is 14.4 Å². The maximum atomic E-state index is 12.8. The van der Waals surface area contributed by atoms with Gasteiger partial charge in [0, 0.05) is 19.3 Å². The van der Waals surface area contributed by atoms with Crippen molar-refractivity contribution in [2.45, 2.75) is 303 Å². The van der Waals surface area contributed by atoms with E-state index in [0.717, 1.165) is 103 Å². The summed E-state index contributed by atoms with van der Waals surface area (Å²) in [5, 5.41) is 0. The molecule has 0 aliphatic heterocycles. The van der Waals surface area contributed by atoms with Crippen LogP contribution in [0.4, 0.5) is 0 Å². The van der Waals surface area contributed by atoms with E-state index >= 15 is 0 Å². The quantitative estimate of drug-likeness (QED) is 0.0261. The van der Waals surface area contributed by atoms with Gasteiger partial charge in [0.1, 0.15) is 13.2 Å². The summed E-state index contributed by atoms with van der Waals surface area (Å²) in [5.41, 5.74) is 0. The Morgan fingerprint density at radius 1 is 0.284 bits per heavy atom. The molecule has 0 bridgehead atoms. The molecule has 0 aromatic carbocycles. The van der Waals surface area contributed by atoms with E-state index in [1.165, 1.54) is 148 Å². The highest BCUT2D eigenvalue weighted by molar-refractivity contribution is 5.71. The minimum Gasteiger partial charge on any atom is -0.462 e. The summed E-state index contributed by atoms with van der Waals surface area (Å²) in [7, 11) is 0. The topological polar surface area (TPSA) is 78.9 Å². The fraction of sp³-hybridized carbons (Fsp3) is 0.721. The molecule has 0 saturated carbocycles. The van der Waals surface area contributed by atoms with Crippen molar-refractivity contribution in [3.05, 3.63) is 97.2 Å². The van der Waals surface area contributed by atoms with Gasteiger partial charge in [-0.05, 0) is 96.3 Å². The summed E-state index contributed by atoms with van der Waals surface area (Å²) in [4.78, 5) is 37.9. The Bertz CT molecular complexity index is 1460. The Morgan fingerprint density at radius 2 is 0.527 bits per heavy atom. The fourth-order valence-electron chi connectivity index (χ4n) is 8.72. The predicted octanol–water partition coefficient (Wildman–Crippen LogP) is 21.3. The fourth-order valence-corrected chi connectivity index (χ4v) is 8.72. The third kappa shape index (κ3) is 59.2. The van der Waals surface area contributed by atoms with Gasteiger partial charge in [0.15, 0.2) is 6.10 Å². The molecule has 0 aliphatic carbocycles. The molecule has 0 N–H and O–H groups in total. The molecular formula is C68H116O6. The van der Waals surface area contributed by atoms with Gasteiger partial charge >= 0.3 is 17.9 Å². The van der Waals surface area contributed by atoms with Gasteiger partial charge in [0.2, 0.25) is 0 Å². The van der Waals surface area contributed by atoms with Crippen LogP contribution in [0.15, 0.2) is 97.2 Å². The van der Waals surface area contributed by atoms with E-state index in [2.05, 4.69) is 118 Å². The second-order valence-electron chi connectivity index (χ2n) is 20.6. The van der Waals surface area contributed by atoms with Crippen molar-refractivity contribution in [3.8, 4) is 0 Å². The number of carbonyl (C=O) groups excluding carboxylic acids is 3. The van der Waals surface area contributed by atoms with Gasteiger partial charge in [-0.15, -0.1) is 0 Å². The van der Waals surface area contributed by atoms with Crippen molar-refractivity contribution in [2.75, 3.05) is 13.2 Å². The van der Waals surface area contributed by atoms with Crippen LogP contribution >= 0.6 is 0 Å². The standard InChI is InChI=1S/C68H116O6/c1-4-7-10-13-16-18-20-22-24-25-26-27-28-29-30-31-32-33-34-35-36-37-38-39-40-41-42-43-45-46-48-50-52-55-58-61-67(70)73-64-65(63-72-66(69)60-57-54-15-12-9-6-3)74-68(71)62-59-56-53-51-49-47-44-23-21-19-17-14-11-8-5-2/h7-8,10-11,16-19,22-24,26-27,44,49,51,65H,4-6,9,12-15,20-21,25,28-43,45-48,50,52-64H2,1-3H3/b10-7-,11-8-,18-16-,19-17-,24-22-,27-26-,44-23-,51-49-. The molecular weight excluding hydrogens is 913 g/mol. The Kier molecular flexibility index (Phi) is 58.8. The Hall–Kier alpha value is -3.67. The molecule has 0 radical (unpaired) electrons. The Balaban J connectivity index is 3.95. The monoisotopic (exact) mass is 1030 g/mol. The van der Waals surface area contributed by atoms with E-state index in [4.69, 9.17) is 14.2 Å². The molecule has 424 valence electrons. The van der Waals surface area contributed by atoms with Gasteiger partial charge in [0.05, 0.1) is 0 Å². The minimum atomic E-state index is -0.793. The summed E-state index contributed by atoms with van der Waals surface area (Å²) < 4.78 is 16.7. The largest absolute Gasteiger partial charge is 0.462 e. The third-order valence-corrected chi connectivity index (χ3v) is 13.3. The maximum Gasteiger partial charge on any atom is 0.306 e. The van der Waals surface area contributed by atoms with Crippen LogP contribution in [-0.2, 0) is 28.6 Å². The maximum absolute atomic E-state index is 12.8. The second-order valence-corrected chi connectivity index (χ2v) is 20.6. The normalized spacial score (nSPS) is 12.7. The summed E-state index contributed by atoms with van der Waals surface area (Å²) in [6.45, 7) is 6.33. The number of hydrogen-bond acceptors (Lipinski definition) is 6. The van der Waals surface area contributed by atoms with Gasteiger partial charge in [0.25, 0.3) is 0 Å². The van der Waals surface area contributed by atoms with Crippen molar-refractivity contribution >= 4 is 17.9 Å². The predicted molar refractivity (Wildman–Crippen MR) is 320 cm³/mol. The Morgan fingerprint density at radius 3 is 0.851 bits per heavy atom. The first-order valence-electron chi connectivity index (χ1n) is 31.2. The van der Waals surface area contributed by atoms with Crippen molar-refractivity contribution in [3.63, 3.8) is 0 Å². The third-order valence-electron chi connectivity index (χ3n) is 13.3. The molecule has 0 aromatic heterocycles. The molecule has 0 aliphatic rings. The minimum absolute atomic E-state index is 0.0906. The highest BCUT2D eigenvalue weighted by Crippen LogP contribution is 2.17. The van der Waals surface area contributed by atoms with Crippen molar-refractivity contribution in [2.24, 2.45) is 0 Å². The number of rotatable bonds is 56. The van der Waals surface area contributed by atoms with Crippen molar-refractivity contribution in [1.29, 1.82) is 0 Å². The first-order chi connectivity index (χ1) is 36.5. The summed E-state index contributed by atoms with van der Waals surface area (Å²) in [6, 6.07) is 0. The molecule has 0 heterocycles. The number of ether oxygens (including phenoxy) is 3. The molecule has 1 atom stereocenters. The van der Waals surface area contributed by atoms with Gasteiger partial charge in [-0.1, -0.05) is 279 Å². The lowest BCUT2D eigenvalue weighted by molar-refractivity contribution is -0.167. The molecule has 0 spiro atoms. The highest BCUT2D eigenvalue weighted by Gasteiger charge is 2.19. The molecule has 1 unspecified atom stereocenters. The Labute approximate surface area is 457 Å². The molecule has 0 rings (SSSR count). The molecule has 6 heteroatoms. The first-order valence-corrected chi connectivity index (χ1v) is 31.2. The van der Waals surface area contributed by atoms with E-state index in [1.54, 1.807) is 0 Å². The first kappa shape index (κ1) is 70.3.